The smallest absolute Gasteiger partial charge is 0.0516 e. The molecule has 0 aliphatic rings. The van der Waals surface area contributed by atoms with Gasteiger partial charge in [-0.15, -0.1) is 0 Å². The Morgan fingerprint density at radius 1 is 1.60 bits per heavy atom. The minimum Gasteiger partial charge on any atom is -0.0834 e. The number of halogens is 1. The maximum Gasteiger partial charge on any atom is 0.0516 e. The lowest BCUT2D eigenvalue weighted by molar-refractivity contribution is 1.11. The van der Waals surface area contributed by atoms with Crippen molar-refractivity contribution in [3.05, 3.63) is 34.3 Å². The van der Waals surface area contributed by atoms with Crippen molar-refractivity contribution in [3.63, 3.8) is 0 Å². The summed E-state index contributed by atoms with van der Waals surface area (Å²) in [5.41, 5.74) is 2.47. The highest BCUT2D eigenvalue weighted by molar-refractivity contribution is 6.31. The molecule has 0 aliphatic carbocycles. The fourth-order valence-electron chi connectivity index (χ4n) is 0.973. The summed E-state index contributed by atoms with van der Waals surface area (Å²) < 4.78 is 0. The molecule has 0 saturated carbocycles. The molecule has 0 heterocycles. The van der Waals surface area contributed by atoms with Crippen molar-refractivity contribution in [2.24, 2.45) is 0 Å². The molecule has 0 atom stereocenters. The molecule has 0 unspecified atom stereocenters. The molecular formula is C9H10Cl. The summed E-state index contributed by atoms with van der Waals surface area (Å²) in [6, 6.07) is 6.87. The lowest BCUT2D eigenvalue weighted by Gasteiger charge is -2.02. The van der Waals surface area contributed by atoms with Crippen LogP contribution in [0.5, 0.6) is 0 Å². The van der Waals surface area contributed by atoms with Crippen LogP contribution < -0.4 is 0 Å². The van der Waals surface area contributed by atoms with Crippen molar-refractivity contribution in [2.45, 2.75) is 20.3 Å². The van der Waals surface area contributed by atoms with Gasteiger partial charge in [-0.2, -0.15) is 0 Å². The molecule has 0 aromatic heterocycles. The number of aryl methyl sites for hydroxylation is 1. The van der Waals surface area contributed by atoms with Crippen LogP contribution in [0, 0.1) is 13.0 Å². The van der Waals surface area contributed by atoms with Gasteiger partial charge in [-0.3, -0.25) is 0 Å². The van der Waals surface area contributed by atoms with Crippen molar-refractivity contribution in [1.82, 2.24) is 0 Å². The van der Waals surface area contributed by atoms with E-state index < -0.39 is 0 Å². The predicted molar refractivity (Wildman–Crippen MR) is 44.4 cm³/mol. The van der Waals surface area contributed by atoms with Crippen LogP contribution in [0.2, 0.25) is 5.02 Å². The van der Waals surface area contributed by atoms with E-state index in [2.05, 4.69) is 19.1 Å². The summed E-state index contributed by atoms with van der Waals surface area (Å²) in [4.78, 5) is 0. The van der Waals surface area contributed by atoms with Gasteiger partial charge >= 0.3 is 0 Å². The zero-order valence-electron chi connectivity index (χ0n) is 6.24. The van der Waals surface area contributed by atoms with Gasteiger partial charge in [0.05, 0.1) is 5.02 Å². The molecular weight excluding hydrogens is 144 g/mol. The lowest BCUT2D eigenvalue weighted by atomic mass is 10.1. The normalized spacial score (nSPS) is 9.90. The van der Waals surface area contributed by atoms with E-state index in [9.17, 15) is 0 Å². The maximum atomic E-state index is 5.84. The molecule has 53 valence electrons. The Balaban J connectivity index is 3.14. The lowest BCUT2D eigenvalue weighted by Crippen LogP contribution is -1.85. The summed E-state index contributed by atoms with van der Waals surface area (Å²) in [6.07, 6.45) is 1.04. The molecule has 0 saturated heterocycles. The first-order chi connectivity index (χ1) is 4.75. The Bertz CT molecular complexity index is 228. The third kappa shape index (κ3) is 1.32. The highest BCUT2D eigenvalue weighted by Gasteiger charge is 1.97. The molecule has 0 fully saturated rings. The molecule has 1 radical (unpaired) electrons. The van der Waals surface area contributed by atoms with E-state index in [1.165, 1.54) is 5.56 Å². The minimum absolute atomic E-state index is 0.749. The van der Waals surface area contributed by atoms with Crippen molar-refractivity contribution < 1.29 is 0 Å². The molecule has 0 amide bonds. The molecule has 0 bridgehead atoms. The second-order valence-corrected chi connectivity index (χ2v) is 2.67. The van der Waals surface area contributed by atoms with Crippen molar-refractivity contribution in [3.8, 4) is 0 Å². The van der Waals surface area contributed by atoms with Crippen LogP contribution in [-0.2, 0) is 6.42 Å². The number of hydrogen-bond acceptors (Lipinski definition) is 0. The summed E-state index contributed by atoms with van der Waals surface area (Å²) in [5.74, 6) is 0. The van der Waals surface area contributed by atoms with Crippen molar-refractivity contribution in [1.29, 1.82) is 0 Å². The van der Waals surface area contributed by atoms with E-state index in [0.29, 0.717) is 0 Å². The van der Waals surface area contributed by atoms with Crippen LogP contribution in [0.4, 0.5) is 0 Å². The van der Waals surface area contributed by atoms with E-state index in [1.54, 1.807) is 0 Å². The van der Waals surface area contributed by atoms with Gasteiger partial charge in [0.1, 0.15) is 0 Å². The topological polar surface area (TPSA) is 0 Å². The first kappa shape index (κ1) is 7.62. The average molecular weight is 154 g/mol. The standard InChI is InChI=1S/C9H10Cl/c1-3-8-5-4-6-9(10)7(8)2/h4-5H,3H2,1-2H3. The Morgan fingerprint density at radius 3 is 2.80 bits per heavy atom. The van der Waals surface area contributed by atoms with Gasteiger partial charge in [0.15, 0.2) is 0 Å². The summed E-state index contributed by atoms with van der Waals surface area (Å²) in [5, 5.41) is 0.749. The monoisotopic (exact) mass is 153 g/mol. The zero-order valence-corrected chi connectivity index (χ0v) is 7.00. The Kier molecular flexibility index (Phi) is 2.34. The van der Waals surface area contributed by atoms with Crippen LogP contribution in [0.3, 0.4) is 0 Å². The molecule has 1 rings (SSSR count). The fraction of sp³-hybridized carbons (Fsp3) is 0.333. The third-order valence-corrected chi connectivity index (χ3v) is 2.08. The molecule has 0 nitrogen and oxygen atoms in total. The molecule has 1 aromatic rings. The minimum atomic E-state index is 0.749. The summed E-state index contributed by atoms with van der Waals surface area (Å²) >= 11 is 5.84. The molecule has 1 heteroatoms. The van der Waals surface area contributed by atoms with Crippen molar-refractivity contribution in [2.75, 3.05) is 0 Å². The third-order valence-electron chi connectivity index (χ3n) is 1.69. The van der Waals surface area contributed by atoms with E-state index in [4.69, 9.17) is 11.6 Å². The van der Waals surface area contributed by atoms with Crippen LogP contribution in [0.15, 0.2) is 12.1 Å². The second kappa shape index (κ2) is 3.07. The van der Waals surface area contributed by atoms with Gasteiger partial charge in [0.2, 0.25) is 0 Å². The van der Waals surface area contributed by atoms with E-state index in [-0.39, 0.29) is 0 Å². The predicted octanol–water partition coefficient (Wildman–Crippen LogP) is 3.01. The SMILES string of the molecule is CCc1cc[c]c(Cl)c1C. The quantitative estimate of drug-likeness (QED) is 0.582. The molecule has 0 aliphatic heterocycles. The van der Waals surface area contributed by atoms with E-state index >= 15 is 0 Å². The van der Waals surface area contributed by atoms with Crippen LogP contribution in [0.1, 0.15) is 18.1 Å². The summed E-state index contributed by atoms with van der Waals surface area (Å²) in [6.45, 7) is 4.15. The zero-order chi connectivity index (χ0) is 7.56. The largest absolute Gasteiger partial charge is 0.0834 e. The Labute approximate surface area is 66.8 Å². The first-order valence-corrected chi connectivity index (χ1v) is 3.79. The van der Waals surface area contributed by atoms with Crippen LogP contribution >= 0.6 is 11.6 Å². The van der Waals surface area contributed by atoms with Crippen LogP contribution in [0.25, 0.3) is 0 Å². The second-order valence-electron chi connectivity index (χ2n) is 2.30. The van der Waals surface area contributed by atoms with Crippen molar-refractivity contribution >= 4 is 11.6 Å². The van der Waals surface area contributed by atoms with Gasteiger partial charge in [-0.25, -0.2) is 0 Å². The Morgan fingerprint density at radius 2 is 2.30 bits per heavy atom. The summed E-state index contributed by atoms with van der Waals surface area (Å²) in [7, 11) is 0. The van der Waals surface area contributed by atoms with Crippen LogP contribution in [-0.4, -0.2) is 0 Å². The highest BCUT2D eigenvalue weighted by atomic mass is 35.5. The molecule has 0 spiro atoms. The molecule has 1 aromatic carbocycles. The van der Waals surface area contributed by atoms with Gasteiger partial charge in [0.25, 0.3) is 0 Å². The van der Waals surface area contributed by atoms with Gasteiger partial charge in [-0.05, 0) is 24.5 Å². The number of hydrogen-bond donors (Lipinski definition) is 0. The average Bonchev–Trinajstić information content (AvgIpc) is 1.95. The first-order valence-electron chi connectivity index (χ1n) is 3.41. The highest BCUT2D eigenvalue weighted by Crippen LogP contribution is 2.17. The van der Waals surface area contributed by atoms with Gasteiger partial charge in [0, 0.05) is 6.07 Å². The fourth-order valence-corrected chi connectivity index (χ4v) is 1.16. The molecule has 10 heavy (non-hydrogen) atoms. The maximum absolute atomic E-state index is 5.84. The van der Waals surface area contributed by atoms with E-state index in [1.807, 2.05) is 13.0 Å². The Hall–Kier alpha value is -0.490. The van der Waals surface area contributed by atoms with E-state index in [0.717, 1.165) is 17.0 Å². The van der Waals surface area contributed by atoms with Gasteiger partial charge in [-0.1, -0.05) is 30.7 Å². The van der Waals surface area contributed by atoms with Gasteiger partial charge < -0.3 is 0 Å². The number of benzene rings is 1. The number of rotatable bonds is 1. The molecule has 0 N–H and O–H groups in total.